The number of nitrogens with zero attached hydrogens (tertiary/aromatic N) is 1. The van der Waals surface area contributed by atoms with Gasteiger partial charge in [-0.1, -0.05) is 41.4 Å². The van der Waals surface area contributed by atoms with E-state index in [1.165, 1.54) is 6.92 Å². The van der Waals surface area contributed by atoms with Crippen LogP contribution in [0.5, 0.6) is 5.75 Å². The van der Waals surface area contributed by atoms with Crippen LogP contribution in [0, 0.1) is 0 Å². The quantitative estimate of drug-likeness (QED) is 0.381. The Balaban J connectivity index is 1.57. The smallest absolute Gasteiger partial charge is 0.272 e. The summed E-state index contributed by atoms with van der Waals surface area (Å²) in [6.07, 6.45) is -0.869. The summed E-state index contributed by atoms with van der Waals surface area (Å²) >= 11 is 12.5. The maximum atomic E-state index is 12.4. The first kappa shape index (κ1) is 25.7. The molecule has 0 aromatic heterocycles. The Labute approximate surface area is 211 Å². The average molecular weight is 519 g/mol. The fourth-order valence-corrected chi connectivity index (χ4v) is 4.46. The summed E-state index contributed by atoms with van der Waals surface area (Å²) in [5.41, 5.74) is 2.26. The number of halogens is 2. The van der Waals surface area contributed by atoms with E-state index in [1.54, 1.807) is 61.5 Å². The molecule has 0 fully saturated rings. The van der Waals surface area contributed by atoms with Crippen molar-refractivity contribution < 1.29 is 18.5 Å². The average Bonchev–Trinajstić information content (AvgIpc) is 2.81. The third-order valence-electron chi connectivity index (χ3n) is 5.08. The molecule has 0 aliphatic heterocycles. The second-order valence-corrected chi connectivity index (χ2v) is 9.65. The van der Waals surface area contributed by atoms with Crippen LogP contribution in [-0.4, -0.2) is 29.1 Å². The van der Waals surface area contributed by atoms with Gasteiger partial charge >= 0.3 is 0 Å². The Bertz CT molecular complexity index is 1180. The van der Waals surface area contributed by atoms with E-state index in [4.69, 9.17) is 27.9 Å². The summed E-state index contributed by atoms with van der Waals surface area (Å²) in [4.78, 5) is 26.2. The largest absolute Gasteiger partial charge is 0.481 e. The topological polar surface area (TPSA) is 75.7 Å². The van der Waals surface area contributed by atoms with E-state index in [-0.39, 0.29) is 5.78 Å². The second-order valence-electron chi connectivity index (χ2n) is 7.63. The molecule has 178 valence electrons. The zero-order valence-electron chi connectivity index (χ0n) is 18.9. The molecule has 3 aromatic rings. The lowest BCUT2D eigenvalue weighted by Gasteiger charge is -2.21. The molecule has 3 rings (SSSR count). The van der Waals surface area contributed by atoms with Gasteiger partial charge in [-0.2, -0.15) is 0 Å². The first-order valence-corrected chi connectivity index (χ1v) is 12.3. The first-order valence-electron chi connectivity index (χ1n) is 10.4. The van der Waals surface area contributed by atoms with Crippen LogP contribution >= 0.6 is 23.2 Å². The summed E-state index contributed by atoms with van der Waals surface area (Å²) in [5, 5.41) is 1.21. The van der Waals surface area contributed by atoms with Gasteiger partial charge in [-0.15, -0.1) is 0 Å². The molecule has 0 spiro atoms. The minimum absolute atomic E-state index is 0.0896. The van der Waals surface area contributed by atoms with Crippen molar-refractivity contribution in [2.45, 2.75) is 31.4 Å². The predicted molar refractivity (Wildman–Crippen MR) is 136 cm³/mol. The van der Waals surface area contributed by atoms with E-state index >= 15 is 0 Å². The predicted octanol–water partition coefficient (Wildman–Crippen LogP) is 5.44. The van der Waals surface area contributed by atoms with Crippen molar-refractivity contribution in [2.24, 2.45) is 0 Å². The van der Waals surface area contributed by atoms with Gasteiger partial charge in [0.15, 0.2) is 22.9 Å². The van der Waals surface area contributed by atoms with Crippen LogP contribution in [0.2, 0.25) is 10.0 Å². The normalized spacial score (nSPS) is 12.5. The number of ether oxygens (including phenoxy) is 1. The van der Waals surface area contributed by atoms with Gasteiger partial charge in [0.2, 0.25) is 0 Å². The Hall–Kier alpha value is -2.87. The number of benzene rings is 3. The molecule has 34 heavy (non-hydrogen) atoms. The van der Waals surface area contributed by atoms with E-state index in [0.717, 1.165) is 11.3 Å². The molecule has 2 unspecified atom stereocenters. The lowest BCUT2D eigenvalue weighted by molar-refractivity contribution is -0.125. The summed E-state index contributed by atoms with van der Waals surface area (Å²) in [5.74, 6) is -0.121. The molecule has 3 aromatic carbocycles. The molecule has 1 N–H and O–H groups in total. The van der Waals surface area contributed by atoms with Gasteiger partial charge in [-0.25, -0.2) is 4.21 Å². The number of amides is 1. The molecule has 0 radical (unpaired) electrons. The number of anilines is 1. The Kier molecular flexibility index (Phi) is 8.72. The molecule has 0 heterocycles. The first-order chi connectivity index (χ1) is 16.2. The van der Waals surface area contributed by atoms with Gasteiger partial charge in [-0.3, -0.25) is 14.3 Å². The molecule has 2 atom stereocenters. The highest BCUT2D eigenvalue weighted by Gasteiger charge is 2.18. The minimum atomic E-state index is -1.77. The van der Waals surface area contributed by atoms with E-state index < -0.39 is 23.0 Å². The second kappa shape index (κ2) is 11.5. The summed E-state index contributed by atoms with van der Waals surface area (Å²) in [7, 11) is 0.154. The molecule has 0 aliphatic carbocycles. The Morgan fingerprint density at radius 3 is 2.15 bits per heavy atom. The zero-order chi connectivity index (χ0) is 24.8. The van der Waals surface area contributed by atoms with Crippen molar-refractivity contribution in [1.82, 2.24) is 4.72 Å². The SMILES string of the molecule is CC(=O)c1ccc(S(=O)NC(=O)C(C)Oc2ccc(N(C)Cc3c(Cl)cccc3Cl)cc2)cc1. The maximum Gasteiger partial charge on any atom is 0.272 e. The van der Waals surface area contributed by atoms with Gasteiger partial charge in [0.05, 0.1) is 4.90 Å². The van der Waals surface area contributed by atoms with Crippen molar-refractivity contribution in [1.29, 1.82) is 0 Å². The maximum absolute atomic E-state index is 12.4. The van der Waals surface area contributed by atoms with E-state index in [9.17, 15) is 13.8 Å². The Morgan fingerprint density at radius 1 is 1.00 bits per heavy atom. The van der Waals surface area contributed by atoms with Gasteiger partial charge < -0.3 is 9.64 Å². The number of ketones is 1. The lowest BCUT2D eigenvalue weighted by atomic mass is 10.2. The highest BCUT2D eigenvalue weighted by Crippen LogP contribution is 2.28. The van der Waals surface area contributed by atoms with Gasteiger partial charge in [-0.05, 0) is 62.4 Å². The van der Waals surface area contributed by atoms with Crippen LogP contribution in [0.15, 0.2) is 71.6 Å². The third kappa shape index (κ3) is 6.59. The monoisotopic (exact) mass is 518 g/mol. The van der Waals surface area contributed by atoms with Crippen LogP contribution in [0.4, 0.5) is 5.69 Å². The molecular weight excluding hydrogens is 495 g/mol. The number of nitrogens with one attached hydrogen (secondary N) is 1. The van der Waals surface area contributed by atoms with Crippen LogP contribution in [0.3, 0.4) is 0 Å². The van der Waals surface area contributed by atoms with Crippen LogP contribution < -0.4 is 14.4 Å². The number of carbonyl (C=O) groups is 2. The fraction of sp³-hybridized carbons (Fsp3) is 0.200. The molecule has 1 amide bonds. The zero-order valence-corrected chi connectivity index (χ0v) is 21.2. The fourth-order valence-electron chi connectivity index (χ4n) is 3.10. The molecule has 0 saturated heterocycles. The van der Waals surface area contributed by atoms with Crippen LogP contribution in [0.1, 0.15) is 29.8 Å². The van der Waals surface area contributed by atoms with E-state index in [2.05, 4.69) is 4.72 Å². The number of rotatable bonds is 9. The summed E-state index contributed by atoms with van der Waals surface area (Å²) < 4.78 is 20.6. The number of hydrogen-bond donors (Lipinski definition) is 1. The van der Waals surface area contributed by atoms with Crippen molar-refractivity contribution in [2.75, 3.05) is 11.9 Å². The van der Waals surface area contributed by atoms with Crippen LogP contribution in [-0.2, 0) is 22.3 Å². The number of Topliss-reactive ketones (excluding diaryl/α,β-unsaturated/α-hetero) is 1. The lowest BCUT2D eigenvalue weighted by Crippen LogP contribution is -2.37. The molecule has 9 heteroatoms. The van der Waals surface area contributed by atoms with Crippen molar-refractivity contribution >= 4 is 51.6 Å². The highest BCUT2D eigenvalue weighted by molar-refractivity contribution is 7.83. The third-order valence-corrected chi connectivity index (χ3v) is 6.88. The standard InChI is InChI=1S/C25H24Cl2N2O4S/c1-16(30)18-7-13-21(14-8-18)34(32)28-25(31)17(2)33-20-11-9-19(10-12-20)29(3)15-22-23(26)5-4-6-24(22)27/h4-14,17H,15H2,1-3H3,(H,28,31). The summed E-state index contributed by atoms with van der Waals surface area (Å²) in [6.45, 7) is 3.55. The van der Waals surface area contributed by atoms with E-state index in [1.807, 2.05) is 24.1 Å². The summed E-state index contributed by atoms with van der Waals surface area (Å²) in [6, 6.07) is 18.9. The van der Waals surface area contributed by atoms with Crippen molar-refractivity contribution in [3.63, 3.8) is 0 Å². The molecular formula is C25H24Cl2N2O4S. The molecule has 6 nitrogen and oxygen atoms in total. The van der Waals surface area contributed by atoms with Crippen LogP contribution in [0.25, 0.3) is 0 Å². The van der Waals surface area contributed by atoms with Gasteiger partial charge in [0.1, 0.15) is 5.75 Å². The van der Waals surface area contributed by atoms with Gasteiger partial charge in [0, 0.05) is 40.5 Å². The molecule has 0 saturated carbocycles. The van der Waals surface area contributed by atoms with Gasteiger partial charge in [0.25, 0.3) is 5.91 Å². The molecule has 0 aliphatic rings. The number of hydrogen-bond acceptors (Lipinski definition) is 5. The molecule has 0 bridgehead atoms. The minimum Gasteiger partial charge on any atom is -0.481 e. The Morgan fingerprint density at radius 2 is 1.59 bits per heavy atom. The highest BCUT2D eigenvalue weighted by atomic mass is 35.5. The van der Waals surface area contributed by atoms with E-state index in [0.29, 0.717) is 32.8 Å². The number of carbonyl (C=O) groups excluding carboxylic acids is 2. The van der Waals surface area contributed by atoms with Crippen molar-refractivity contribution in [3.05, 3.63) is 87.9 Å². The van der Waals surface area contributed by atoms with Crippen molar-refractivity contribution in [3.8, 4) is 5.75 Å².